The van der Waals surface area contributed by atoms with Gasteiger partial charge in [-0.15, -0.1) is 0 Å². The molecule has 0 aliphatic heterocycles. The van der Waals surface area contributed by atoms with Crippen molar-refractivity contribution in [2.75, 3.05) is 0 Å². The predicted molar refractivity (Wildman–Crippen MR) is 44.3 cm³/mol. The average molecular weight is 187 g/mol. The summed E-state index contributed by atoms with van der Waals surface area (Å²) in [7, 11) is 1.75. The van der Waals surface area contributed by atoms with Crippen LogP contribution < -0.4 is 0 Å². The molecule has 0 amide bonds. The van der Waals surface area contributed by atoms with Gasteiger partial charge < -0.3 is 9.67 Å². The van der Waals surface area contributed by atoms with E-state index in [-0.39, 0.29) is 6.42 Å². The van der Waals surface area contributed by atoms with Crippen LogP contribution in [0.15, 0.2) is 0 Å². The number of aliphatic carboxylic acids is 1. The van der Waals surface area contributed by atoms with Crippen LogP contribution in [0.5, 0.6) is 0 Å². The lowest BCUT2D eigenvalue weighted by atomic mass is 10.3. The van der Waals surface area contributed by atoms with Crippen LogP contribution in [0.3, 0.4) is 0 Å². The Morgan fingerprint density at radius 1 is 1.83 bits per heavy atom. The largest absolute Gasteiger partial charge is 0.481 e. The lowest BCUT2D eigenvalue weighted by molar-refractivity contribution is -0.137. The van der Waals surface area contributed by atoms with Crippen molar-refractivity contribution in [1.82, 2.24) is 14.8 Å². The molecule has 1 rings (SSSR count). The summed E-state index contributed by atoms with van der Waals surface area (Å²) in [6, 6.07) is 0. The van der Waals surface area contributed by atoms with E-state index in [2.05, 4.69) is 10.2 Å². The first-order valence-corrected chi connectivity index (χ1v) is 3.84. The third-order valence-corrected chi connectivity index (χ3v) is 1.90. The minimum atomic E-state index is -0.830. The average Bonchev–Trinajstić information content (AvgIpc) is 2.30. The molecule has 6 heteroatoms. The van der Waals surface area contributed by atoms with Crippen molar-refractivity contribution in [2.45, 2.75) is 12.8 Å². The number of aromatic nitrogens is 3. The molecule has 66 valence electrons. The van der Waals surface area contributed by atoms with Gasteiger partial charge in [-0.3, -0.25) is 9.89 Å². The number of carboxylic acids is 1. The highest BCUT2D eigenvalue weighted by Gasteiger charge is 2.04. The summed E-state index contributed by atoms with van der Waals surface area (Å²) >= 11 is 4.85. The minimum Gasteiger partial charge on any atom is -0.481 e. The number of aryl methyl sites for hydroxylation is 1. The lowest BCUT2D eigenvalue weighted by Gasteiger charge is -1.95. The van der Waals surface area contributed by atoms with Crippen molar-refractivity contribution >= 4 is 18.2 Å². The highest BCUT2D eigenvalue weighted by Crippen LogP contribution is 1.98. The first-order chi connectivity index (χ1) is 5.61. The highest BCUT2D eigenvalue weighted by molar-refractivity contribution is 7.71. The van der Waals surface area contributed by atoms with Crippen molar-refractivity contribution in [3.8, 4) is 0 Å². The standard InChI is InChI=1S/C6H9N3O2S/c1-9-4(2-3-5(10)11)7-8-6(9)12/h2-3H2,1H3,(H,8,12)(H,10,11). The van der Waals surface area contributed by atoms with Gasteiger partial charge in [0.05, 0.1) is 6.42 Å². The van der Waals surface area contributed by atoms with Gasteiger partial charge in [-0.2, -0.15) is 5.10 Å². The maximum Gasteiger partial charge on any atom is 0.303 e. The molecule has 0 spiro atoms. The zero-order valence-electron chi connectivity index (χ0n) is 6.57. The van der Waals surface area contributed by atoms with Gasteiger partial charge in [0.2, 0.25) is 0 Å². The number of aromatic amines is 1. The molecule has 0 aliphatic carbocycles. The van der Waals surface area contributed by atoms with E-state index in [0.717, 1.165) is 0 Å². The van der Waals surface area contributed by atoms with Crippen molar-refractivity contribution < 1.29 is 9.90 Å². The summed E-state index contributed by atoms with van der Waals surface area (Å²) < 4.78 is 2.17. The normalized spacial score (nSPS) is 10.1. The highest BCUT2D eigenvalue weighted by atomic mass is 32.1. The molecule has 0 unspecified atom stereocenters. The molecule has 1 aromatic rings. The van der Waals surface area contributed by atoms with Crippen molar-refractivity contribution in [1.29, 1.82) is 0 Å². The Morgan fingerprint density at radius 3 is 2.92 bits per heavy atom. The topological polar surface area (TPSA) is 70.9 Å². The number of nitrogens with one attached hydrogen (secondary N) is 1. The number of hydrogen-bond acceptors (Lipinski definition) is 3. The number of rotatable bonds is 3. The predicted octanol–water partition coefficient (Wildman–Crippen LogP) is 0.495. The maximum atomic E-state index is 10.2. The second-order valence-corrected chi connectivity index (χ2v) is 2.78. The van der Waals surface area contributed by atoms with E-state index in [4.69, 9.17) is 17.3 Å². The van der Waals surface area contributed by atoms with Crippen LogP contribution >= 0.6 is 12.2 Å². The van der Waals surface area contributed by atoms with Gasteiger partial charge in [0.25, 0.3) is 0 Å². The first-order valence-electron chi connectivity index (χ1n) is 3.43. The molecule has 0 fully saturated rings. The summed E-state index contributed by atoms with van der Waals surface area (Å²) in [6.07, 6.45) is 0.479. The van der Waals surface area contributed by atoms with Gasteiger partial charge in [-0.05, 0) is 12.2 Å². The van der Waals surface area contributed by atoms with Crippen molar-refractivity contribution in [3.63, 3.8) is 0 Å². The van der Waals surface area contributed by atoms with Gasteiger partial charge in [0, 0.05) is 13.5 Å². The van der Waals surface area contributed by atoms with E-state index >= 15 is 0 Å². The fraction of sp³-hybridized carbons (Fsp3) is 0.500. The molecule has 2 N–H and O–H groups in total. The van der Waals surface area contributed by atoms with E-state index < -0.39 is 5.97 Å². The summed E-state index contributed by atoms with van der Waals surface area (Å²) in [5.41, 5.74) is 0. The summed E-state index contributed by atoms with van der Waals surface area (Å²) in [4.78, 5) is 10.2. The number of carbonyl (C=O) groups is 1. The Balaban J connectivity index is 2.70. The van der Waals surface area contributed by atoms with E-state index in [1.807, 2.05) is 0 Å². The minimum absolute atomic E-state index is 0.0769. The molecule has 0 saturated heterocycles. The van der Waals surface area contributed by atoms with Crippen LogP contribution in [-0.2, 0) is 18.3 Å². The number of hydrogen-bond donors (Lipinski definition) is 2. The fourth-order valence-corrected chi connectivity index (χ4v) is 0.973. The second-order valence-electron chi connectivity index (χ2n) is 2.40. The maximum absolute atomic E-state index is 10.2. The van der Waals surface area contributed by atoms with Crippen LogP contribution in [0, 0.1) is 4.77 Å². The van der Waals surface area contributed by atoms with Crippen LogP contribution in [-0.4, -0.2) is 25.8 Å². The molecule has 1 aromatic heterocycles. The van der Waals surface area contributed by atoms with E-state index in [1.165, 1.54) is 0 Å². The monoisotopic (exact) mass is 187 g/mol. The molecule has 5 nitrogen and oxygen atoms in total. The van der Waals surface area contributed by atoms with Gasteiger partial charge in [-0.25, -0.2) is 0 Å². The van der Waals surface area contributed by atoms with Gasteiger partial charge in [0.15, 0.2) is 4.77 Å². The van der Waals surface area contributed by atoms with Crippen LogP contribution in [0.4, 0.5) is 0 Å². The summed E-state index contributed by atoms with van der Waals surface area (Å²) in [6.45, 7) is 0. The third-order valence-electron chi connectivity index (χ3n) is 1.53. The van der Waals surface area contributed by atoms with Gasteiger partial charge in [0.1, 0.15) is 5.82 Å². The molecule has 12 heavy (non-hydrogen) atoms. The first kappa shape index (κ1) is 8.92. The van der Waals surface area contributed by atoms with Gasteiger partial charge in [-0.1, -0.05) is 0 Å². The number of nitrogens with zero attached hydrogens (tertiary/aromatic N) is 2. The van der Waals surface area contributed by atoms with E-state index in [0.29, 0.717) is 17.0 Å². The number of H-pyrrole nitrogens is 1. The van der Waals surface area contributed by atoms with Gasteiger partial charge >= 0.3 is 5.97 Å². The molecular weight excluding hydrogens is 178 g/mol. The Kier molecular flexibility index (Phi) is 2.59. The quantitative estimate of drug-likeness (QED) is 0.676. The molecule has 1 heterocycles. The smallest absolute Gasteiger partial charge is 0.303 e. The zero-order chi connectivity index (χ0) is 9.14. The van der Waals surface area contributed by atoms with Crippen molar-refractivity contribution in [2.24, 2.45) is 7.05 Å². The molecular formula is C6H9N3O2S. The van der Waals surface area contributed by atoms with Crippen LogP contribution in [0.1, 0.15) is 12.2 Å². The van der Waals surface area contributed by atoms with Crippen LogP contribution in [0.25, 0.3) is 0 Å². The third kappa shape index (κ3) is 1.91. The van der Waals surface area contributed by atoms with E-state index in [9.17, 15) is 4.79 Å². The zero-order valence-corrected chi connectivity index (χ0v) is 7.39. The Morgan fingerprint density at radius 2 is 2.50 bits per heavy atom. The molecule has 0 saturated carbocycles. The molecule has 0 radical (unpaired) electrons. The Labute approximate surface area is 74.0 Å². The SMILES string of the molecule is Cn1c(CCC(=O)O)n[nH]c1=S. The molecule has 0 bridgehead atoms. The molecule has 0 aromatic carbocycles. The fourth-order valence-electron chi connectivity index (χ4n) is 0.822. The van der Waals surface area contributed by atoms with E-state index in [1.54, 1.807) is 11.6 Å². The summed E-state index contributed by atoms with van der Waals surface area (Å²) in [5.74, 6) is -0.161. The van der Waals surface area contributed by atoms with Crippen LogP contribution in [0.2, 0.25) is 0 Å². The van der Waals surface area contributed by atoms with Crippen molar-refractivity contribution in [3.05, 3.63) is 10.6 Å². The number of carboxylic acid groups (broad SMARTS) is 1. The molecule has 0 atom stereocenters. The molecule has 0 aliphatic rings. The summed E-state index contributed by atoms with van der Waals surface area (Å²) in [5, 5.41) is 14.9. The lowest BCUT2D eigenvalue weighted by Crippen LogP contribution is -2.03. The Hall–Kier alpha value is -1.17. The Bertz CT molecular complexity index is 341. The second kappa shape index (κ2) is 3.48.